The highest BCUT2D eigenvalue weighted by Gasteiger charge is 2.31. The molecule has 3 heteroatoms. The Morgan fingerprint density at radius 1 is 1.21 bits per heavy atom. The second-order valence-electron chi connectivity index (χ2n) is 5.87. The average molecular weight is 323 g/mol. The average Bonchev–Trinajstić information content (AvgIpc) is 2.93. The summed E-state index contributed by atoms with van der Waals surface area (Å²) in [4.78, 5) is 2.70. The van der Waals surface area contributed by atoms with Crippen LogP contribution in [0.15, 0.2) is 28.7 Å². The third kappa shape index (κ3) is 3.39. The first-order valence-corrected chi connectivity index (χ1v) is 8.34. The quantitative estimate of drug-likeness (QED) is 0.915. The lowest BCUT2D eigenvalue weighted by molar-refractivity contribution is 0.112. The molecule has 2 aliphatic heterocycles. The van der Waals surface area contributed by atoms with E-state index in [-0.39, 0.29) is 0 Å². The first kappa shape index (κ1) is 13.6. The molecule has 19 heavy (non-hydrogen) atoms. The Kier molecular flexibility index (Phi) is 4.57. The van der Waals surface area contributed by atoms with Crippen LogP contribution < -0.4 is 5.32 Å². The topological polar surface area (TPSA) is 15.3 Å². The number of piperidine rings is 1. The van der Waals surface area contributed by atoms with Crippen molar-refractivity contribution in [3.63, 3.8) is 0 Å². The van der Waals surface area contributed by atoms with Crippen molar-refractivity contribution in [2.24, 2.45) is 0 Å². The lowest BCUT2D eigenvalue weighted by atomic mass is 9.94. The standard InChI is InChI=1S/C16H23BrN2/c17-14-6-3-5-13(11-14)12-19-10-2-1-8-16(19)15-7-4-9-18-15/h3,5-6,11,15-16,18H,1-2,4,7-10,12H2. The van der Waals surface area contributed by atoms with Crippen LogP contribution in [0.2, 0.25) is 0 Å². The fourth-order valence-electron chi connectivity index (χ4n) is 3.58. The predicted octanol–water partition coefficient (Wildman–Crippen LogP) is 3.56. The van der Waals surface area contributed by atoms with Crippen LogP contribution in [0, 0.1) is 0 Å². The van der Waals surface area contributed by atoms with E-state index in [0.29, 0.717) is 0 Å². The van der Waals surface area contributed by atoms with Crippen molar-refractivity contribution in [1.82, 2.24) is 10.2 Å². The van der Waals surface area contributed by atoms with Gasteiger partial charge >= 0.3 is 0 Å². The molecule has 3 rings (SSSR count). The van der Waals surface area contributed by atoms with Crippen molar-refractivity contribution in [2.75, 3.05) is 13.1 Å². The summed E-state index contributed by atoms with van der Waals surface area (Å²) in [5.74, 6) is 0. The number of hydrogen-bond donors (Lipinski definition) is 1. The lowest BCUT2D eigenvalue weighted by Gasteiger charge is -2.39. The van der Waals surface area contributed by atoms with Crippen LogP contribution in [0.1, 0.15) is 37.7 Å². The molecule has 0 spiro atoms. The molecular weight excluding hydrogens is 300 g/mol. The second kappa shape index (κ2) is 6.38. The van der Waals surface area contributed by atoms with Gasteiger partial charge in [-0.3, -0.25) is 4.90 Å². The van der Waals surface area contributed by atoms with Gasteiger partial charge in [0.1, 0.15) is 0 Å². The summed E-state index contributed by atoms with van der Waals surface area (Å²) in [5.41, 5.74) is 1.43. The molecule has 2 nitrogen and oxygen atoms in total. The summed E-state index contributed by atoms with van der Waals surface area (Å²) in [6.07, 6.45) is 6.84. The fraction of sp³-hybridized carbons (Fsp3) is 0.625. The highest BCUT2D eigenvalue weighted by atomic mass is 79.9. The summed E-state index contributed by atoms with van der Waals surface area (Å²) < 4.78 is 1.19. The molecular formula is C16H23BrN2. The maximum atomic E-state index is 3.70. The largest absolute Gasteiger partial charge is 0.312 e. The molecule has 1 aromatic rings. The molecule has 0 bridgehead atoms. The van der Waals surface area contributed by atoms with Gasteiger partial charge in [-0.2, -0.15) is 0 Å². The first-order valence-electron chi connectivity index (χ1n) is 7.55. The molecule has 104 valence electrons. The molecule has 0 amide bonds. The summed E-state index contributed by atoms with van der Waals surface area (Å²) in [6.45, 7) is 3.57. The van der Waals surface area contributed by atoms with Crippen LogP contribution in [0.3, 0.4) is 0 Å². The first-order chi connectivity index (χ1) is 9.33. The Morgan fingerprint density at radius 2 is 2.16 bits per heavy atom. The molecule has 2 heterocycles. The van der Waals surface area contributed by atoms with Gasteiger partial charge in [0, 0.05) is 23.1 Å². The number of nitrogens with zero attached hydrogens (tertiary/aromatic N) is 1. The Morgan fingerprint density at radius 3 is 2.95 bits per heavy atom. The van der Waals surface area contributed by atoms with Crippen LogP contribution in [0.25, 0.3) is 0 Å². The maximum Gasteiger partial charge on any atom is 0.0252 e. The number of rotatable bonds is 3. The van der Waals surface area contributed by atoms with E-state index in [0.717, 1.165) is 18.6 Å². The van der Waals surface area contributed by atoms with E-state index in [1.165, 1.54) is 55.2 Å². The van der Waals surface area contributed by atoms with E-state index >= 15 is 0 Å². The number of hydrogen-bond acceptors (Lipinski definition) is 2. The van der Waals surface area contributed by atoms with Crippen LogP contribution >= 0.6 is 15.9 Å². The van der Waals surface area contributed by atoms with Gasteiger partial charge in [0.25, 0.3) is 0 Å². The number of benzene rings is 1. The fourth-order valence-corrected chi connectivity index (χ4v) is 4.03. The zero-order valence-electron chi connectivity index (χ0n) is 11.4. The third-order valence-electron chi connectivity index (χ3n) is 4.50. The molecule has 0 aromatic heterocycles. The van der Waals surface area contributed by atoms with Gasteiger partial charge in [-0.25, -0.2) is 0 Å². The number of nitrogens with one attached hydrogen (secondary N) is 1. The van der Waals surface area contributed by atoms with Crippen molar-refractivity contribution in [3.05, 3.63) is 34.3 Å². The van der Waals surface area contributed by atoms with E-state index in [1.54, 1.807) is 0 Å². The molecule has 1 aromatic carbocycles. The minimum atomic E-state index is 0.729. The van der Waals surface area contributed by atoms with Gasteiger partial charge in [0.15, 0.2) is 0 Å². The van der Waals surface area contributed by atoms with Gasteiger partial charge in [-0.15, -0.1) is 0 Å². The van der Waals surface area contributed by atoms with Gasteiger partial charge in [-0.1, -0.05) is 34.5 Å². The summed E-state index contributed by atoms with van der Waals surface area (Å²) in [5, 5.41) is 3.70. The molecule has 2 unspecified atom stereocenters. The number of likely N-dealkylation sites (tertiary alicyclic amines) is 1. The van der Waals surface area contributed by atoms with Gasteiger partial charge in [-0.05, 0) is 56.5 Å². The van der Waals surface area contributed by atoms with Crippen molar-refractivity contribution in [3.8, 4) is 0 Å². The van der Waals surface area contributed by atoms with Crippen LogP contribution in [0.5, 0.6) is 0 Å². The molecule has 0 saturated carbocycles. The van der Waals surface area contributed by atoms with Crippen molar-refractivity contribution >= 4 is 15.9 Å². The van der Waals surface area contributed by atoms with Gasteiger partial charge in [0.2, 0.25) is 0 Å². The van der Waals surface area contributed by atoms with Crippen molar-refractivity contribution < 1.29 is 0 Å². The highest BCUT2D eigenvalue weighted by molar-refractivity contribution is 9.10. The van der Waals surface area contributed by atoms with Gasteiger partial charge < -0.3 is 5.32 Å². The molecule has 2 fully saturated rings. The summed E-state index contributed by atoms with van der Waals surface area (Å²) >= 11 is 3.58. The van der Waals surface area contributed by atoms with E-state index in [9.17, 15) is 0 Å². The normalized spacial score (nSPS) is 28.7. The minimum Gasteiger partial charge on any atom is -0.312 e. The zero-order valence-corrected chi connectivity index (χ0v) is 13.0. The molecule has 2 atom stereocenters. The molecule has 2 saturated heterocycles. The molecule has 0 aliphatic carbocycles. The van der Waals surface area contributed by atoms with E-state index in [2.05, 4.69) is 50.4 Å². The maximum absolute atomic E-state index is 3.70. The molecule has 1 N–H and O–H groups in total. The van der Waals surface area contributed by atoms with Crippen molar-refractivity contribution in [2.45, 2.75) is 50.7 Å². The van der Waals surface area contributed by atoms with Gasteiger partial charge in [0.05, 0.1) is 0 Å². The monoisotopic (exact) mass is 322 g/mol. The van der Waals surface area contributed by atoms with Crippen LogP contribution in [-0.2, 0) is 6.54 Å². The second-order valence-corrected chi connectivity index (χ2v) is 6.78. The Balaban J connectivity index is 1.69. The van der Waals surface area contributed by atoms with Crippen LogP contribution in [0.4, 0.5) is 0 Å². The summed E-state index contributed by atoms with van der Waals surface area (Å²) in [6, 6.07) is 10.2. The Hall–Kier alpha value is -0.380. The van der Waals surface area contributed by atoms with Crippen molar-refractivity contribution in [1.29, 1.82) is 0 Å². The van der Waals surface area contributed by atoms with E-state index in [4.69, 9.17) is 0 Å². The predicted molar refractivity (Wildman–Crippen MR) is 83.2 cm³/mol. The smallest absolute Gasteiger partial charge is 0.0252 e. The summed E-state index contributed by atoms with van der Waals surface area (Å²) in [7, 11) is 0. The molecule has 2 aliphatic rings. The van der Waals surface area contributed by atoms with Crippen LogP contribution in [-0.4, -0.2) is 30.1 Å². The lowest BCUT2D eigenvalue weighted by Crippen LogP contribution is -2.49. The minimum absolute atomic E-state index is 0.729. The highest BCUT2D eigenvalue weighted by Crippen LogP contribution is 2.26. The SMILES string of the molecule is Brc1cccc(CN2CCCCC2C2CCCN2)c1. The Bertz CT molecular complexity index is 415. The zero-order chi connectivity index (χ0) is 13.1. The molecule has 0 radical (unpaired) electrons. The Labute approximate surface area is 124 Å². The third-order valence-corrected chi connectivity index (χ3v) is 5.00. The van der Waals surface area contributed by atoms with E-state index < -0.39 is 0 Å². The number of halogens is 1. The van der Waals surface area contributed by atoms with E-state index in [1.807, 2.05) is 0 Å².